The lowest BCUT2D eigenvalue weighted by molar-refractivity contribution is -0.255. The number of nitrogens with two attached hydrogens (primary N) is 1. The monoisotopic (exact) mass is 356 g/mol. The molecule has 0 atom stereocenters. The zero-order valence-corrected chi connectivity index (χ0v) is 13.5. The molecule has 8 heteroatoms. The highest BCUT2D eigenvalue weighted by atomic mass is 35.5. The third kappa shape index (κ3) is 4.01. The summed E-state index contributed by atoms with van der Waals surface area (Å²) >= 11 is 7.26. The number of halogens is 1. The van der Waals surface area contributed by atoms with Gasteiger partial charge in [-0.3, -0.25) is 0 Å². The van der Waals surface area contributed by atoms with Crippen LogP contribution in [0.25, 0.3) is 0 Å². The second-order valence-corrected chi connectivity index (χ2v) is 7.32. The molecule has 0 amide bonds. The van der Waals surface area contributed by atoms with E-state index in [1.807, 2.05) is 30.3 Å². The minimum atomic E-state index is -4.13. The van der Waals surface area contributed by atoms with E-state index < -0.39 is 20.9 Å². The van der Waals surface area contributed by atoms with Crippen molar-refractivity contribution in [3.05, 3.63) is 58.6 Å². The number of hydrogen-bond acceptors (Lipinski definition) is 5. The average Bonchev–Trinajstić information content (AvgIpc) is 2.45. The second-order valence-electron chi connectivity index (χ2n) is 4.39. The van der Waals surface area contributed by atoms with Gasteiger partial charge in [-0.25, -0.2) is 13.6 Å². The molecule has 0 aliphatic heterocycles. The molecular weight excluding hydrogens is 346 g/mol. The van der Waals surface area contributed by atoms with Gasteiger partial charge in [-0.1, -0.05) is 41.9 Å². The predicted octanol–water partition coefficient (Wildman–Crippen LogP) is 1.64. The molecule has 2 rings (SSSR count). The van der Waals surface area contributed by atoms with E-state index in [1.54, 1.807) is 0 Å². The molecule has 2 N–H and O–H groups in total. The maximum Gasteiger partial charge on any atom is 0.239 e. The maximum absolute atomic E-state index is 11.5. The van der Waals surface area contributed by atoms with E-state index in [4.69, 9.17) is 16.7 Å². The molecule has 5 nitrogen and oxygen atoms in total. The van der Waals surface area contributed by atoms with Crippen molar-refractivity contribution in [2.75, 3.05) is 0 Å². The third-order valence-electron chi connectivity index (χ3n) is 2.79. The van der Waals surface area contributed by atoms with Gasteiger partial charge < -0.3 is 9.90 Å². The minimum absolute atomic E-state index is 0.0894. The molecule has 116 valence electrons. The number of aromatic carboxylic acids is 1. The van der Waals surface area contributed by atoms with Crippen LogP contribution in [0.1, 0.15) is 15.9 Å². The number of primary sulfonamides is 1. The average molecular weight is 357 g/mol. The molecule has 0 bridgehead atoms. The molecule has 2 aromatic rings. The summed E-state index contributed by atoms with van der Waals surface area (Å²) in [5.41, 5.74) is 0.698. The van der Waals surface area contributed by atoms with Crippen LogP contribution < -0.4 is 10.2 Å². The lowest BCUT2D eigenvalue weighted by Crippen LogP contribution is -2.23. The van der Waals surface area contributed by atoms with E-state index in [-0.39, 0.29) is 10.6 Å². The van der Waals surface area contributed by atoms with E-state index in [2.05, 4.69) is 0 Å². The van der Waals surface area contributed by atoms with E-state index in [9.17, 15) is 18.3 Å². The van der Waals surface area contributed by atoms with Gasteiger partial charge in [-0.05, 0) is 23.3 Å². The van der Waals surface area contributed by atoms with Crippen LogP contribution in [-0.4, -0.2) is 14.4 Å². The van der Waals surface area contributed by atoms with Crippen LogP contribution in [-0.2, 0) is 15.8 Å². The predicted molar refractivity (Wildman–Crippen MR) is 83.2 cm³/mol. The molecule has 2 aromatic carbocycles. The van der Waals surface area contributed by atoms with Gasteiger partial charge in [0, 0.05) is 10.6 Å². The van der Waals surface area contributed by atoms with Gasteiger partial charge in [0.25, 0.3) is 0 Å². The van der Waals surface area contributed by atoms with Crippen LogP contribution in [0, 0.1) is 0 Å². The van der Waals surface area contributed by atoms with E-state index in [0.29, 0.717) is 10.6 Å². The van der Waals surface area contributed by atoms with Gasteiger partial charge in [-0.2, -0.15) is 0 Å². The van der Waals surface area contributed by atoms with Crippen LogP contribution in [0.5, 0.6) is 0 Å². The summed E-state index contributed by atoms with van der Waals surface area (Å²) in [4.78, 5) is 10.9. The van der Waals surface area contributed by atoms with Crippen molar-refractivity contribution < 1.29 is 18.3 Å². The summed E-state index contributed by atoms with van der Waals surface area (Å²) in [5.74, 6) is -0.996. The Morgan fingerprint density at radius 2 is 1.86 bits per heavy atom. The quantitative estimate of drug-likeness (QED) is 0.821. The van der Waals surface area contributed by atoms with Crippen molar-refractivity contribution in [2.24, 2.45) is 5.14 Å². The first-order chi connectivity index (χ1) is 10.3. The van der Waals surface area contributed by atoms with Gasteiger partial charge in [0.2, 0.25) is 10.0 Å². The Kier molecular flexibility index (Phi) is 5.12. The van der Waals surface area contributed by atoms with Crippen molar-refractivity contribution in [3.63, 3.8) is 0 Å². The lowest BCUT2D eigenvalue weighted by Gasteiger charge is -2.12. The van der Waals surface area contributed by atoms with E-state index in [1.165, 1.54) is 17.8 Å². The van der Waals surface area contributed by atoms with E-state index >= 15 is 0 Å². The molecule has 0 heterocycles. The van der Waals surface area contributed by atoms with Crippen LogP contribution in [0.4, 0.5) is 0 Å². The van der Waals surface area contributed by atoms with Crippen LogP contribution in [0.2, 0.25) is 5.02 Å². The largest absolute Gasteiger partial charge is 0.545 e. The van der Waals surface area contributed by atoms with Crippen LogP contribution in [0.15, 0.2) is 52.3 Å². The molecule has 0 saturated heterocycles. The highest BCUT2D eigenvalue weighted by Crippen LogP contribution is 2.35. The summed E-state index contributed by atoms with van der Waals surface area (Å²) in [6.07, 6.45) is 0. The molecule has 0 fully saturated rings. The van der Waals surface area contributed by atoms with Crippen molar-refractivity contribution in [1.29, 1.82) is 0 Å². The number of carboxylic acid groups (broad SMARTS) is 1. The number of thioether (sulfide) groups is 1. The lowest BCUT2D eigenvalue weighted by atomic mass is 10.2. The minimum Gasteiger partial charge on any atom is -0.545 e. The number of rotatable bonds is 5. The molecule has 0 radical (unpaired) electrons. The molecule has 0 aliphatic carbocycles. The molecule has 0 saturated carbocycles. The van der Waals surface area contributed by atoms with Gasteiger partial charge in [-0.15, -0.1) is 11.8 Å². The highest BCUT2D eigenvalue weighted by molar-refractivity contribution is 7.98. The topological polar surface area (TPSA) is 100 Å². The first kappa shape index (κ1) is 16.8. The summed E-state index contributed by atoms with van der Waals surface area (Å²) < 4.78 is 23.1. The molecule has 22 heavy (non-hydrogen) atoms. The number of carbonyl (C=O) groups is 1. The molecule has 0 spiro atoms. The normalized spacial score (nSPS) is 11.4. The fraction of sp³-hybridized carbons (Fsp3) is 0.0714. The zero-order valence-electron chi connectivity index (χ0n) is 11.2. The highest BCUT2D eigenvalue weighted by Gasteiger charge is 2.18. The second kappa shape index (κ2) is 6.70. The van der Waals surface area contributed by atoms with Crippen molar-refractivity contribution >= 4 is 39.4 Å². The first-order valence-corrected chi connectivity index (χ1v) is 8.94. The Bertz CT molecular complexity index is 807. The fourth-order valence-corrected chi connectivity index (χ4v) is 4.01. The fourth-order valence-electron chi connectivity index (χ4n) is 1.74. The van der Waals surface area contributed by atoms with Crippen LogP contribution >= 0.6 is 23.4 Å². The SMILES string of the molecule is NS(=O)(=O)c1cc(C(=O)[O-])cc(SCc2ccccc2)c1Cl. The van der Waals surface area contributed by atoms with Crippen molar-refractivity contribution in [1.82, 2.24) is 0 Å². The Morgan fingerprint density at radius 1 is 1.23 bits per heavy atom. The molecule has 0 unspecified atom stereocenters. The summed E-state index contributed by atoms with van der Waals surface area (Å²) in [7, 11) is -4.13. The van der Waals surface area contributed by atoms with Gasteiger partial charge >= 0.3 is 0 Å². The number of carbonyl (C=O) groups excluding carboxylic acids is 1. The Labute approximate surface area is 137 Å². The number of benzene rings is 2. The van der Waals surface area contributed by atoms with E-state index in [0.717, 1.165) is 11.6 Å². The van der Waals surface area contributed by atoms with Gasteiger partial charge in [0.05, 0.1) is 11.0 Å². The van der Waals surface area contributed by atoms with Crippen molar-refractivity contribution in [2.45, 2.75) is 15.5 Å². The third-order valence-corrected chi connectivity index (χ3v) is 5.46. The molecule has 0 aliphatic rings. The molecular formula is C14H11ClNO4S2-. The Hall–Kier alpha value is -1.54. The summed E-state index contributed by atoms with van der Waals surface area (Å²) in [6, 6.07) is 11.6. The summed E-state index contributed by atoms with van der Waals surface area (Å²) in [6.45, 7) is 0. The number of sulfonamides is 1. The van der Waals surface area contributed by atoms with Gasteiger partial charge in [0.15, 0.2) is 0 Å². The van der Waals surface area contributed by atoms with Gasteiger partial charge in [0.1, 0.15) is 4.90 Å². The number of hydrogen-bond donors (Lipinski definition) is 1. The standard InChI is InChI=1S/C14H12ClNO4S2/c15-13-11(21-8-9-4-2-1-3-5-9)6-10(14(17)18)7-12(13)22(16,19)20/h1-7H,8H2,(H,17,18)(H2,16,19,20)/p-1. The zero-order chi connectivity index (χ0) is 16.3. The first-order valence-electron chi connectivity index (χ1n) is 6.03. The Morgan fingerprint density at radius 3 is 2.41 bits per heavy atom. The molecule has 0 aromatic heterocycles. The number of carboxylic acids is 1. The van der Waals surface area contributed by atoms with Crippen LogP contribution in [0.3, 0.4) is 0 Å². The van der Waals surface area contributed by atoms with Crippen molar-refractivity contribution in [3.8, 4) is 0 Å². The maximum atomic E-state index is 11.5. The Balaban J connectivity index is 2.42. The smallest absolute Gasteiger partial charge is 0.239 e. The summed E-state index contributed by atoms with van der Waals surface area (Å²) in [5, 5.41) is 16.0.